The summed E-state index contributed by atoms with van der Waals surface area (Å²) < 4.78 is 5.26. The van der Waals surface area contributed by atoms with Gasteiger partial charge in [-0.2, -0.15) is 0 Å². The van der Waals surface area contributed by atoms with Gasteiger partial charge in [-0.25, -0.2) is 4.98 Å². The minimum absolute atomic E-state index is 0.156. The molecule has 1 unspecified atom stereocenters. The van der Waals surface area contributed by atoms with E-state index in [0.29, 0.717) is 30.1 Å². The van der Waals surface area contributed by atoms with Crippen molar-refractivity contribution in [1.82, 2.24) is 9.88 Å². The number of aryl methyl sites for hydroxylation is 1. The van der Waals surface area contributed by atoms with E-state index in [1.165, 1.54) is 0 Å². The highest BCUT2D eigenvalue weighted by molar-refractivity contribution is 5.99. The van der Waals surface area contributed by atoms with Gasteiger partial charge in [0.1, 0.15) is 17.2 Å². The van der Waals surface area contributed by atoms with Crippen LogP contribution in [0.3, 0.4) is 0 Å². The van der Waals surface area contributed by atoms with Crippen molar-refractivity contribution in [3.8, 4) is 5.75 Å². The van der Waals surface area contributed by atoms with E-state index in [2.05, 4.69) is 10.3 Å². The molecule has 1 amide bonds. The smallest absolute Gasteiger partial charge is 0.257 e. The van der Waals surface area contributed by atoms with E-state index in [0.717, 1.165) is 16.8 Å². The Morgan fingerprint density at radius 3 is 2.73 bits per heavy atom. The Bertz CT molecular complexity index is 1050. The molecule has 1 fully saturated rings. The van der Waals surface area contributed by atoms with Crippen molar-refractivity contribution < 1.29 is 14.6 Å². The molecule has 2 N–H and O–H groups in total. The van der Waals surface area contributed by atoms with Gasteiger partial charge in [0.2, 0.25) is 0 Å². The highest BCUT2D eigenvalue weighted by Gasteiger charge is 2.40. The summed E-state index contributed by atoms with van der Waals surface area (Å²) in [6.07, 6.45) is 2.15. The van der Waals surface area contributed by atoms with Gasteiger partial charge >= 0.3 is 0 Å². The van der Waals surface area contributed by atoms with E-state index < -0.39 is 5.60 Å². The molecule has 4 rings (SSSR count). The number of nitrogens with one attached hydrogen (secondary N) is 1. The molecular weight excluding hydrogens is 378 g/mol. The van der Waals surface area contributed by atoms with Gasteiger partial charge in [-0.1, -0.05) is 35.9 Å². The van der Waals surface area contributed by atoms with Crippen LogP contribution in [0.4, 0.5) is 11.5 Å². The summed E-state index contributed by atoms with van der Waals surface area (Å²) >= 11 is 0. The second-order valence-corrected chi connectivity index (χ2v) is 7.63. The van der Waals surface area contributed by atoms with Gasteiger partial charge in [0, 0.05) is 24.5 Å². The third-order valence-corrected chi connectivity index (χ3v) is 5.49. The average molecular weight is 403 g/mol. The van der Waals surface area contributed by atoms with E-state index >= 15 is 0 Å². The first-order valence-corrected chi connectivity index (χ1v) is 9.93. The number of carbonyl (C=O) groups excluding carboxylic acids is 1. The third-order valence-electron chi connectivity index (χ3n) is 5.49. The van der Waals surface area contributed by atoms with Crippen LogP contribution in [0.25, 0.3) is 0 Å². The first-order valence-electron chi connectivity index (χ1n) is 9.93. The van der Waals surface area contributed by atoms with Crippen molar-refractivity contribution in [3.05, 3.63) is 83.6 Å². The predicted octanol–water partition coefficient (Wildman–Crippen LogP) is 3.88. The predicted molar refractivity (Wildman–Crippen MR) is 116 cm³/mol. The lowest BCUT2D eigenvalue weighted by molar-refractivity contribution is 0.0417. The lowest BCUT2D eigenvalue weighted by atomic mass is 9.92. The zero-order valence-corrected chi connectivity index (χ0v) is 17.1. The Kier molecular flexibility index (Phi) is 5.42. The normalized spacial score (nSPS) is 18.3. The number of aromatic nitrogens is 1. The number of benzene rings is 2. The molecule has 1 aliphatic rings. The summed E-state index contributed by atoms with van der Waals surface area (Å²) in [6.45, 7) is 2.75. The summed E-state index contributed by atoms with van der Waals surface area (Å²) in [7, 11) is 1.61. The number of hydrogen-bond donors (Lipinski definition) is 2. The molecule has 3 aromatic rings. The summed E-state index contributed by atoms with van der Waals surface area (Å²) in [5.74, 6) is 1.03. The number of carbonyl (C=O) groups is 1. The highest BCUT2D eigenvalue weighted by Crippen LogP contribution is 2.33. The standard InChI is InChI=1S/C24H25N3O3/c1-17-8-10-18(11-9-17)24(29)12-14-27(16-24)23(28)21-7-4-13-25-22(21)26-19-5-3-6-20(15-19)30-2/h3-11,13,15,29H,12,14,16H2,1-2H3,(H,25,26). The number of pyridine rings is 1. The number of β-amino-alcohol motifs (C(OH)–C–C–N with tert-alkyl or cyclic N) is 1. The molecule has 1 aliphatic heterocycles. The van der Waals surface area contributed by atoms with Crippen molar-refractivity contribution in [1.29, 1.82) is 0 Å². The Morgan fingerprint density at radius 2 is 1.97 bits per heavy atom. The summed E-state index contributed by atoms with van der Waals surface area (Å²) in [5, 5.41) is 14.4. The second-order valence-electron chi connectivity index (χ2n) is 7.63. The van der Waals surface area contributed by atoms with Gasteiger partial charge in [0.05, 0.1) is 19.2 Å². The van der Waals surface area contributed by atoms with Crippen molar-refractivity contribution >= 4 is 17.4 Å². The number of likely N-dealkylation sites (tertiary alicyclic amines) is 1. The molecule has 2 heterocycles. The maximum Gasteiger partial charge on any atom is 0.257 e. The number of anilines is 2. The monoisotopic (exact) mass is 403 g/mol. The van der Waals surface area contributed by atoms with Crippen molar-refractivity contribution in [2.45, 2.75) is 18.9 Å². The number of aliphatic hydroxyl groups is 1. The zero-order valence-electron chi connectivity index (χ0n) is 17.1. The van der Waals surface area contributed by atoms with Crippen molar-refractivity contribution in [2.75, 3.05) is 25.5 Å². The van der Waals surface area contributed by atoms with Crippen LogP contribution >= 0.6 is 0 Å². The first-order chi connectivity index (χ1) is 14.5. The topological polar surface area (TPSA) is 74.7 Å². The van der Waals surface area contributed by atoms with Crippen LogP contribution in [0, 0.1) is 6.92 Å². The molecule has 6 heteroatoms. The lowest BCUT2D eigenvalue weighted by Gasteiger charge is -2.24. The number of amides is 1. The van der Waals surface area contributed by atoms with E-state index in [1.807, 2.05) is 55.5 Å². The quantitative estimate of drug-likeness (QED) is 0.676. The fraction of sp³-hybridized carbons (Fsp3) is 0.250. The van der Waals surface area contributed by atoms with Gasteiger partial charge in [0.15, 0.2) is 0 Å². The fourth-order valence-corrected chi connectivity index (χ4v) is 3.75. The number of methoxy groups -OCH3 is 1. The van der Waals surface area contributed by atoms with Crippen molar-refractivity contribution in [2.24, 2.45) is 0 Å². The van der Waals surface area contributed by atoms with E-state index in [4.69, 9.17) is 4.74 Å². The molecule has 1 atom stereocenters. The fourth-order valence-electron chi connectivity index (χ4n) is 3.75. The molecule has 0 aliphatic carbocycles. The molecule has 1 aromatic heterocycles. The molecular formula is C24H25N3O3. The first kappa shape index (κ1) is 19.9. The molecule has 0 radical (unpaired) electrons. The Balaban J connectivity index is 1.55. The summed E-state index contributed by atoms with van der Waals surface area (Å²) in [6, 6.07) is 18.8. The number of nitrogens with zero attached hydrogens (tertiary/aromatic N) is 2. The molecule has 6 nitrogen and oxygen atoms in total. The number of rotatable bonds is 5. The minimum atomic E-state index is -1.04. The Morgan fingerprint density at radius 1 is 1.17 bits per heavy atom. The SMILES string of the molecule is COc1cccc(Nc2ncccc2C(=O)N2CCC(O)(c3ccc(C)cc3)C2)c1. The van der Waals surface area contributed by atoms with Gasteiger partial charge in [0.25, 0.3) is 5.91 Å². The van der Waals surface area contributed by atoms with E-state index in [-0.39, 0.29) is 12.5 Å². The second kappa shape index (κ2) is 8.16. The minimum Gasteiger partial charge on any atom is -0.497 e. The summed E-state index contributed by atoms with van der Waals surface area (Å²) in [4.78, 5) is 19.3. The lowest BCUT2D eigenvalue weighted by Crippen LogP contribution is -2.34. The number of hydrogen-bond acceptors (Lipinski definition) is 5. The molecule has 0 spiro atoms. The van der Waals surface area contributed by atoms with Crippen LogP contribution in [0.5, 0.6) is 5.75 Å². The summed E-state index contributed by atoms with van der Waals surface area (Å²) in [5.41, 5.74) is 2.18. The Hall–Kier alpha value is -3.38. The molecule has 154 valence electrons. The van der Waals surface area contributed by atoms with Gasteiger partial charge in [-0.3, -0.25) is 4.79 Å². The van der Waals surface area contributed by atoms with Crippen LogP contribution < -0.4 is 10.1 Å². The van der Waals surface area contributed by atoms with E-state index in [1.54, 1.807) is 30.3 Å². The highest BCUT2D eigenvalue weighted by atomic mass is 16.5. The largest absolute Gasteiger partial charge is 0.497 e. The van der Waals surface area contributed by atoms with Gasteiger partial charge < -0.3 is 20.1 Å². The van der Waals surface area contributed by atoms with Gasteiger partial charge in [-0.05, 0) is 43.2 Å². The average Bonchev–Trinajstić information content (AvgIpc) is 3.17. The zero-order chi connectivity index (χ0) is 21.1. The van der Waals surface area contributed by atoms with Crippen LogP contribution in [-0.2, 0) is 5.60 Å². The molecule has 0 saturated carbocycles. The molecule has 0 bridgehead atoms. The van der Waals surface area contributed by atoms with Gasteiger partial charge in [-0.15, -0.1) is 0 Å². The number of ether oxygens (including phenoxy) is 1. The van der Waals surface area contributed by atoms with Crippen molar-refractivity contribution in [3.63, 3.8) is 0 Å². The van der Waals surface area contributed by atoms with Crippen LogP contribution in [0.1, 0.15) is 27.9 Å². The maximum atomic E-state index is 13.3. The maximum absolute atomic E-state index is 13.3. The third kappa shape index (κ3) is 4.00. The van der Waals surface area contributed by atoms with E-state index in [9.17, 15) is 9.90 Å². The molecule has 2 aromatic carbocycles. The Labute approximate surface area is 176 Å². The molecule has 1 saturated heterocycles. The van der Waals surface area contributed by atoms with Crippen LogP contribution in [0.2, 0.25) is 0 Å². The molecule has 30 heavy (non-hydrogen) atoms. The van der Waals surface area contributed by atoms with Crippen LogP contribution in [-0.4, -0.2) is 41.1 Å². The van der Waals surface area contributed by atoms with Crippen LogP contribution in [0.15, 0.2) is 66.9 Å².